The number of esters is 1. The van der Waals surface area contributed by atoms with Crippen LogP contribution in [-0.2, 0) is 19.4 Å². The summed E-state index contributed by atoms with van der Waals surface area (Å²) in [5.74, 6) is -4.47. The minimum Gasteiger partial charge on any atom is -0.478 e. The van der Waals surface area contributed by atoms with Crippen LogP contribution in [0.5, 0.6) is 17.5 Å². The zero-order valence-electron chi connectivity index (χ0n) is 16.5. The molecule has 0 aliphatic carbocycles. The minimum atomic E-state index is -4.12. The van der Waals surface area contributed by atoms with Gasteiger partial charge in [0.2, 0.25) is 9.84 Å². The van der Waals surface area contributed by atoms with Crippen LogP contribution >= 0.6 is 0 Å². The van der Waals surface area contributed by atoms with Crippen molar-refractivity contribution in [3.8, 4) is 23.6 Å². The highest BCUT2D eigenvalue weighted by molar-refractivity contribution is 7.90. The fraction of sp³-hybridized carbons (Fsp3) is 0.235. The number of benzene rings is 1. The summed E-state index contributed by atoms with van der Waals surface area (Å²) in [7, 11) is -4.12. The average Bonchev–Trinajstić information content (AvgIpc) is 2.71. The molecule has 0 atom stereocenters. The Balaban J connectivity index is 2.62. The van der Waals surface area contributed by atoms with Crippen LogP contribution in [0.15, 0.2) is 23.4 Å². The molecule has 1 N–H and O–H groups in total. The summed E-state index contributed by atoms with van der Waals surface area (Å²) in [6.45, 7) is 0.692. The first kappa shape index (κ1) is 24.0. The number of aromatic carboxylic acids is 1. The van der Waals surface area contributed by atoms with E-state index in [1.165, 1.54) is 6.92 Å². The normalized spacial score (nSPS) is 10.7. The predicted molar refractivity (Wildman–Crippen MR) is 102 cm³/mol. The third-order valence-corrected chi connectivity index (χ3v) is 4.35. The van der Waals surface area contributed by atoms with E-state index in [9.17, 15) is 33.2 Å². The number of carbonyl (C=O) groups is 2. The topological polar surface area (TPSA) is 209 Å². The van der Waals surface area contributed by atoms with E-state index in [-0.39, 0.29) is 17.9 Å². The molecule has 168 valence electrons. The number of hydrogen-bond acceptors (Lipinski definition) is 12. The molecule has 0 radical (unpaired) electrons. The Hall–Kier alpha value is -4.32. The van der Waals surface area contributed by atoms with Crippen molar-refractivity contribution in [2.24, 2.45) is 0 Å². The van der Waals surface area contributed by atoms with E-state index in [1.54, 1.807) is 6.07 Å². The summed E-state index contributed by atoms with van der Waals surface area (Å²) in [5.41, 5.74) is -1.70. The molecule has 0 spiro atoms. The number of carboxylic acid groups (broad SMARTS) is 1. The van der Waals surface area contributed by atoms with Gasteiger partial charge in [0.05, 0.1) is 22.7 Å². The largest absolute Gasteiger partial charge is 0.478 e. The van der Waals surface area contributed by atoms with Crippen molar-refractivity contribution in [1.29, 1.82) is 5.26 Å². The van der Waals surface area contributed by atoms with Gasteiger partial charge in [-0.2, -0.15) is 15.2 Å². The minimum absolute atomic E-state index is 0.00160. The second-order valence-corrected chi connectivity index (χ2v) is 7.72. The maximum atomic E-state index is 11.9. The van der Waals surface area contributed by atoms with Gasteiger partial charge in [-0.1, -0.05) is 0 Å². The van der Waals surface area contributed by atoms with Crippen LogP contribution in [-0.4, -0.2) is 59.8 Å². The molecule has 0 aliphatic rings. The van der Waals surface area contributed by atoms with Crippen LogP contribution in [0.2, 0.25) is 0 Å². The van der Waals surface area contributed by atoms with Crippen molar-refractivity contribution in [1.82, 2.24) is 9.97 Å². The average molecular weight is 466 g/mol. The van der Waals surface area contributed by atoms with Crippen LogP contribution in [0.1, 0.15) is 22.8 Å². The summed E-state index contributed by atoms with van der Waals surface area (Å²) >= 11 is 0. The molecule has 1 aromatic carbocycles. The second-order valence-electron chi connectivity index (χ2n) is 5.81. The fourth-order valence-corrected chi connectivity index (χ4v) is 2.69. The zero-order valence-corrected chi connectivity index (χ0v) is 17.3. The van der Waals surface area contributed by atoms with Crippen LogP contribution < -0.4 is 9.47 Å². The molecule has 2 rings (SSSR count). The van der Waals surface area contributed by atoms with E-state index in [1.807, 2.05) is 0 Å². The lowest BCUT2D eigenvalue weighted by atomic mass is 10.1. The number of rotatable bonds is 9. The first-order chi connectivity index (χ1) is 15.0. The Morgan fingerprint density at radius 3 is 2.47 bits per heavy atom. The SMILES string of the molecule is CCOC(=O)COc1nc(S(C)(=O)=O)nc(Oc2ccc(C#N)c(C(=O)O)c2)c1[N+](=O)[O-]. The molecular weight excluding hydrogens is 452 g/mol. The highest BCUT2D eigenvalue weighted by Gasteiger charge is 2.32. The highest BCUT2D eigenvalue weighted by Crippen LogP contribution is 2.37. The molecule has 14 nitrogen and oxygen atoms in total. The van der Waals surface area contributed by atoms with Gasteiger partial charge in [0, 0.05) is 6.26 Å². The summed E-state index contributed by atoms with van der Waals surface area (Å²) in [6, 6.07) is 4.76. The van der Waals surface area contributed by atoms with Gasteiger partial charge in [-0.25, -0.2) is 18.0 Å². The molecule has 2 aromatic rings. The Kier molecular flexibility index (Phi) is 7.23. The first-order valence-electron chi connectivity index (χ1n) is 8.48. The second kappa shape index (κ2) is 9.66. The number of carboxylic acids is 1. The number of ether oxygens (including phenoxy) is 3. The van der Waals surface area contributed by atoms with Crippen LogP contribution in [0.4, 0.5) is 5.69 Å². The summed E-state index contributed by atoms with van der Waals surface area (Å²) in [6.07, 6.45) is 0.720. The van der Waals surface area contributed by atoms with Crippen molar-refractivity contribution in [3.05, 3.63) is 39.4 Å². The molecule has 0 saturated carbocycles. The lowest BCUT2D eigenvalue weighted by molar-refractivity contribution is -0.387. The van der Waals surface area contributed by atoms with Crippen LogP contribution in [0.3, 0.4) is 0 Å². The summed E-state index contributed by atoms with van der Waals surface area (Å²) < 4.78 is 38.7. The van der Waals surface area contributed by atoms with Gasteiger partial charge in [0.15, 0.2) is 6.61 Å². The van der Waals surface area contributed by atoms with Gasteiger partial charge in [-0.05, 0) is 25.1 Å². The van der Waals surface area contributed by atoms with Crippen molar-refractivity contribution < 1.29 is 42.2 Å². The number of hydrogen-bond donors (Lipinski definition) is 1. The molecule has 0 aliphatic heterocycles. The number of aromatic nitrogens is 2. The zero-order chi connectivity index (χ0) is 24.1. The Morgan fingerprint density at radius 2 is 1.94 bits per heavy atom. The standard InChI is InChI=1S/C17H14N4O10S/c1-3-29-12(22)8-30-14-13(21(25)26)15(20-17(19-14)32(2,27)28)31-10-5-4-9(7-18)11(6-10)16(23)24/h4-6H,3,8H2,1-2H3,(H,23,24). The van der Waals surface area contributed by atoms with Crippen LogP contribution in [0, 0.1) is 21.4 Å². The van der Waals surface area contributed by atoms with Crippen molar-refractivity contribution >= 4 is 27.5 Å². The molecule has 0 unspecified atom stereocenters. The van der Waals surface area contributed by atoms with E-state index < -0.39 is 61.5 Å². The van der Waals surface area contributed by atoms with Crippen molar-refractivity contribution in [3.63, 3.8) is 0 Å². The van der Waals surface area contributed by atoms with Gasteiger partial charge in [0.1, 0.15) is 11.8 Å². The molecule has 1 aromatic heterocycles. The van der Waals surface area contributed by atoms with Gasteiger partial charge >= 0.3 is 29.4 Å². The lowest BCUT2D eigenvalue weighted by Gasteiger charge is -2.11. The van der Waals surface area contributed by atoms with E-state index in [0.29, 0.717) is 0 Å². The molecule has 15 heteroatoms. The lowest BCUT2D eigenvalue weighted by Crippen LogP contribution is -2.17. The number of sulfone groups is 1. The number of carbonyl (C=O) groups excluding carboxylic acids is 1. The Morgan fingerprint density at radius 1 is 1.28 bits per heavy atom. The van der Waals surface area contributed by atoms with Crippen molar-refractivity contribution in [2.45, 2.75) is 12.1 Å². The molecule has 1 heterocycles. The number of nitro groups is 1. The Labute approximate surface area is 180 Å². The molecule has 32 heavy (non-hydrogen) atoms. The van der Waals surface area contributed by atoms with Crippen molar-refractivity contribution in [2.75, 3.05) is 19.5 Å². The Bertz CT molecular complexity index is 1240. The fourth-order valence-electron chi connectivity index (χ4n) is 2.19. The molecule has 0 bridgehead atoms. The summed E-state index contributed by atoms with van der Waals surface area (Å²) in [4.78, 5) is 40.4. The van der Waals surface area contributed by atoms with Gasteiger partial charge < -0.3 is 19.3 Å². The smallest absolute Gasteiger partial charge is 0.392 e. The maximum absolute atomic E-state index is 11.9. The highest BCUT2D eigenvalue weighted by atomic mass is 32.2. The first-order valence-corrected chi connectivity index (χ1v) is 10.4. The van der Waals surface area contributed by atoms with E-state index in [0.717, 1.165) is 24.5 Å². The third-order valence-electron chi connectivity index (χ3n) is 3.50. The number of nitrogens with zero attached hydrogens (tertiary/aromatic N) is 4. The van der Waals surface area contributed by atoms with E-state index in [2.05, 4.69) is 14.7 Å². The molecule has 0 fully saturated rings. The molecule has 0 saturated heterocycles. The van der Waals surface area contributed by atoms with Gasteiger partial charge in [-0.15, -0.1) is 0 Å². The van der Waals surface area contributed by atoms with E-state index >= 15 is 0 Å². The molecule has 0 amide bonds. The molecular formula is C17H14N4O10S. The number of nitriles is 1. The monoisotopic (exact) mass is 466 g/mol. The predicted octanol–water partition coefficient (Wildman–Crippen LogP) is 1.09. The van der Waals surface area contributed by atoms with Gasteiger partial charge in [-0.3, -0.25) is 10.1 Å². The van der Waals surface area contributed by atoms with Gasteiger partial charge in [0.25, 0.3) is 5.16 Å². The summed E-state index contributed by atoms with van der Waals surface area (Å²) in [5, 5.41) is 28.9. The van der Waals surface area contributed by atoms with Crippen LogP contribution in [0.25, 0.3) is 0 Å². The maximum Gasteiger partial charge on any atom is 0.392 e. The quantitative estimate of drug-likeness (QED) is 0.238. The van der Waals surface area contributed by atoms with E-state index in [4.69, 9.17) is 14.7 Å². The third kappa shape index (κ3) is 5.64.